The van der Waals surface area contributed by atoms with Gasteiger partial charge in [-0.25, -0.2) is 9.97 Å². The number of thiophene rings is 2. The zero-order valence-electron chi connectivity index (χ0n) is 25.6. The first-order valence-electron chi connectivity index (χ1n) is 15.9. The van der Waals surface area contributed by atoms with E-state index in [4.69, 9.17) is 9.97 Å². The van der Waals surface area contributed by atoms with Gasteiger partial charge in [0.15, 0.2) is 5.82 Å². The van der Waals surface area contributed by atoms with Gasteiger partial charge in [0.05, 0.1) is 28.2 Å². The summed E-state index contributed by atoms with van der Waals surface area (Å²) in [5.41, 5.74) is 13.1. The number of pyridine rings is 1. The molecule has 0 unspecified atom stereocenters. The van der Waals surface area contributed by atoms with Crippen LogP contribution in [0.25, 0.3) is 43.8 Å². The lowest BCUT2D eigenvalue weighted by Crippen LogP contribution is -2.35. The minimum atomic E-state index is -0.342. The molecule has 4 aromatic heterocycles. The number of nitrogens with zero attached hydrogens (tertiary/aromatic N) is 4. The number of fused-ring (bicyclic) bond motifs is 9. The van der Waals surface area contributed by atoms with E-state index in [9.17, 15) is 0 Å². The van der Waals surface area contributed by atoms with Gasteiger partial charge >= 0.3 is 0 Å². The van der Waals surface area contributed by atoms with Gasteiger partial charge in [0.2, 0.25) is 0 Å². The van der Waals surface area contributed by atoms with Crippen molar-refractivity contribution in [1.82, 2.24) is 15.0 Å². The quantitative estimate of drug-likeness (QED) is 0.190. The third-order valence-electron chi connectivity index (χ3n) is 9.55. The second-order valence-corrected chi connectivity index (χ2v) is 13.9. The molecule has 0 bridgehead atoms. The number of anilines is 3. The number of rotatable bonds is 4. The van der Waals surface area contributed by atoms with E-state index in [1.165, 1.54) is 43.4 Å². The third-order valence-corrected chi connectivity index (χ3v) is 11.5. The van der Waals surface area contributed by atoms with Crippen LogP contribution in [-0.4, -0.2) is 15.0 Å². The predicted molar refractivity (Wildman–Crippen MR) is 197 cm³/mol. The summed E-state index contributed by atoms with van der Waals surface area (Å²) < 4.78 is 0. The number of hydrogen-bond acceptors (Lipinski definition) is 6. The molecule has 4 nitrogen and oxygen atoms in total. The molecule has 0 atom stereocenters. The van der Waals surface area contributed by atoms with Gasteiger partial charge in [0.1, 0.15) is 5.69 Å². The molecule has 0 saturated heterocycles. The normalized spacial score (nSPS) is 13.5. The van der Waals surface area contributed by atoms with Crippen LogP contribution in [0.2, 0.25) is 0 Å². The Morgan fingerprint density at radius 1 is 0.479 bits per heavy atom. The minimum absolute atomic E-state index is 0.342. The van der Waals surface area contributed by atoms with Gasteiger partial charge in [-0.3, -0.25) is 4.98 Å². The average molecular weight is 651 g/mol. The molecule has 6 heteroatoms. The smallest absolute Gasteiger partial charge is 0.179 e. The van der Waals surface area contributed by atoms with E-state index in [1.807, 2.05) is 59.1 Å². The molecule has 0 N–H and O–H groups in total. The molecule has 1 aliphatic heterocycles. The molecule has 5 heterocycles. The van der Waals surface area contributed by atoms with Crippen LogP contribution in [0, 0.1) is 0 Å². The van der Waals surface area contributed by atoms with Crippen LogP contribution in [-0.2, 0) is 5.41 Å². The van der Waals surface area contributed by atoms with Gasteiger partial charge in [-0.1, -0.05) is 84.9 Å². The molecule has 0 fully saturated rings. The zero-order valence-corrected chi connectivity index (χ0v) is 27.2. The summed E-state index contributed by atoms with van der Waals surface area (Å²) in [5.74, 6) is 0.609. The number of para-hydroxylation sites is 2. The Morgan fingerprint density at radius 2 is 1.04 bits per heavy atom. The summed E-state index contributed by atoms with van der Waals surface area (Å²) in [5, 5.41) is 4.50. The fourth-order valence-corrected chi connectivity index (χ4v) is 9.65. The van der Waals surface area contributed by atoms with Gasteiger partial charge in [-0.05, 0) is 87.6 Å². The number of benzene rings is 4. The molecule has 1 spiro atoms. The number of hydrogen-bond donors (Lipinski definition) is 0. The van der Waals surface area contributed by atoms with Crippen molar-refractivity contribution >= 4 is 39.7 Å². The lowest BCUT2D eigenvalue weighted by atomic mass is 9.65. The highest BCUT2D eigenvalue weighted by Crippen LogP contribution is 2.65. The lowest BCUT2D eigenvalue weighted by molar-refractivity contribution is 0.756. The van der Waals surface area contributed by atoms with Crippen LogP contribution < -0.4 is 4.90 Å². The van der Waals surface area contributed by atoms with Crippen molar-refractivity contribution in [3.8, 4) is 43.8 Å². The first-order valence-corrected chi connectivity index (χ1v) is 17.7. The van der Waals surface area contributed by atoms with E-state index in [0.29, 0.717) is 5.82 Å². The first-order chi connectivity index (χ1) is 23.8. The van der Waals surface area contributed by atoms with Crippen LogP contribution in [0.5, 0.6) is 0 Å². The predicted octanol–water partition coefficient (Wildman–Crippen LogP) is 11.1. The average Bonchev–Trinajstić information content (AvgIpc) is 3.90. The highest BCUT2D eigenvalue weighted by molar-refractivity contribution is 7.21. The van der Waals surface area contributed by atoms with Crippen LogP contribution in [0.1, 0.15) is 22.3 Å². The van der Waals surface area contributed by atoms with Gasteiger partial charge in [0, 0.05) is 32.8 Å². The van der Waals surface area contributed by atoms with Crippen LogP contribution in [0.4, 0.5) is 17.1 Å². The van der Waals surface area contributed by atoms with Crippen molar-refractivity contribution in [1.29, 1.82) is 0 Å². The molecule has 48 heavy (non-hydrogen) atoms. The van der Waals surface area contributed by atoms with Crippen molar-refractivity contribution in [3.63, 3.8) is 0 Å². The van der Waals surface area contributed by atoms with E-state index in [2.05, 4.69) is 124 Å². The van der Waals surface area contributed by atoms with E-state index >= 15 is 0 Å². The second kappa shape index (κ2) is 10.7. The summed E-state index contributed by atoms with van der Waals surface area (Å²) in [6.45, 7) is 0. The third kappa shape index (κ3) is 3.90. The van der Waals surface area contributed by atoms with Crippen molar-refractivity contribution in [2.24, 2.45) is 0 Å². The summed E-state index contributed by atoms with van der Waals surface area (Å²) in [4.78, 5) is 19.7. The molecular formula is C42H26N4S2. The molecule has 226 valence electrons. The van der Waals surface area contributed by atoms with Gasteiger partial charge in [-0.15, -0.1) is 22.7 Å². The zero-order chi connectivity index (χ0) is 31.7. The van der Waals surface area contributed by atoms with Crippen LogP contribution in [0.15, 0.2) is 156 Å². The summed E-state index contributed by atoms with van der Waals surface area (Å²) in [6.07, 6.45) is 1.78. The molecule has 8 aromatic rings. The largest absolute Gasteiger partial charge is 0.310 e. The van der Waals surface area contributed by atoms with Gasteiger partial charge in [-0.2, -0.15) is 0 Å². The SMILES string of the molecule is c1ccc(-c2cc(-c3ccc(N4c5ccccc5C5(c6ccccc64)c4ccsc4-c4sccc45)cc3)nc(-c3ccccn3)n2)cc1. The fraction of sp³-hybridized carbons (Fsp3) is 0.0238. The molecule has 0 radical (unpaired) electrons. The van der Waals surface area contributed by atoms with Crippen molar-refractivity contribution in [3.05, 3.63) is 179 Å². The Labute approximate surface area is 286 Å². The molecule has 2 aliphatic rings. The van der Waals surface area contributed by atoms with Crippen molar-refractivity contribution in [2.75, 3.05) is 4.90 Å². The monoisotopic (exact) mass is 650 g/mol. The van der Waals surface area contributed by atoms with Gasteiger partial charge < -0.3 is 4.90 Å². The maximum Gasteiger partial charge on any atom is 0.179 e. The maximum absolute atomic E-state index is 5.01. The Hall–Kier alpha value is -5.69. The van der Waals surface area contributed by atoms with Gasteiger partial charge in [0.25, 0.3) is 0 Å². The van der Waals surface area contributed by atoms with Crippen molar-refractivity contribution in [2.45, 2.75) is 5.41 Å². The number of aromatic nitrogens is 3. The fourth-order valence-electron chi connectivity index (χ4n) is 7.55. The topological polar surface area (TPSA) is 41.9 Å². The van der Waals surface area contributed by atoms with E-state index in [-0.39, 0.29) is 5.41 Å². The Balaban J connectivity index is 1.12. The summed E-state index contributed by atoms with van der Waals surface area (Å²) in [6, 6.07) is 49.5. The molecule has 4 aromatic carbocycles. The molecule has 0 saturated carbocycles. The van der Waals surface area contributed by atoms with Crippen LogP contribution in [0.3, 0.4) is 0 Å². The van der Waals surface area contributed by atoms with E-state index in [1.54, 1.807) is 6.20 Å². The van der Waals surface area contributed by atoms with E-state index in [0.717, 1.165) is 33.9 Å². The summed E-state index contributed by atoms with van der Waals surface area (Å²) in [7, 11) is 0. The molecule has 10 rings (SSSR count). The Kier molecular flexibility index (Phi) is 6.10. The molecule has 0 amide bonds. The highest BCUT2D eigenvalue weighted by Gasteiger charge is 2.52. The standard InChI is InChI=1S/C42H26N4S2/c1-2-10-27(11-3-1)35-26-36(45-41(44-35)34-14-8-9-23-43-34)28-17-19-29(20-18-28)46-37-15-6-4-12-30(37)42(31-13-5-7-16-38(31)46)32-21-24-47-39(32)40-33(42)22-25-48-40/h1-26H. The second-order valence-electron chi connectivity index (χ2n) is 12.0. The molecule has 1 aliphatic carbocycles. The summed E-state index contributed by atoms with van der Waals surface area (Å²) >= 11 is 3.71. The molecular weight excluding hydrogens is 625 g/mol. The van der Waals surface area contributed by atoms with Crippen LogP contribution >= 0.6 is 22.7 Å². The van der Waals surface area contributed by atoms with E-state index < -0.39 is 0 Å². The first kappa shape index (κ1) is 27.4. The Bertz CT molecular complexity index is 2320. The van der Waals surface area contributed by atoms with Crippen molar-refractivity contribution < 1.29 is 0 Å². The lowest BCUT2D eigenvalue weighted by Gasteiger charge is -2.44. The highest BCUT2D eigenvalue weighted by atomic mass is 32.1. The Morgan fingerprint density at radius 3 is 1.65 bits per heavy atom. The minimum Gasteiger partial charge on any atom is -0.310 e. The maximum atomic E-state index is 5.01.